The molecular formula is C32H36FN7O2. The third-order valence-electron chi connectivity index (χ3n) is 8.83. The van der Waals surface area contributed by atoms with Gasteiger partial charge < -0.3 is 29.2 Å². The Labute approximate surface area is 246 Å². The number of amides is 1. The third kappa shape index (κ3) is 5.37. The number of anilines is 2. The molecule has 1 amide bonds. The van der Waals surface area contributed by atoms with Gasteiger partial charge in [0.15, 0.2) is 0 Å². The van der Waals surface area contributed by atoms with Gasteiger partial charge in [0.25, 0.3) is 0 Å². The van der Waals surface area contributed by atoms with Gasteiger partial charge in [0.05, 0.1) is 12.2 Å². The van der Waals surface area contributed by atoms with Crippen LogP contribution in [0.5, 0.6) is 6.01 Å². The highest BCUT2D eigenvalue weighted by Gasteiger charge is 2.35. The normalized spacial score (nSPS) is 20.8. The molecule has 10 heteroatoms. The molecule has 0 bridgehead atoms. The van der Waals surface area contributed by atoms with Gasteiger partial charge >= 0.3 is 6.01 Å². The van der Waals surface area contributed by atoms with Crippen molar-refractivity contribution in [2.45, 2.75) is 37.9 Å². The van der Waals surface area contributed by atoms with E-state index in [0.29, 0.717) is 56.6 Å². The number of nitrogens with zero attached hydrogens (tertiary/aromatic N) is 7. The van der Waals surface area contributed by atoms with Gasteiger partial charge in [0.1, 0.15) is 24.3 Å². The molecule has 2 saturated heterocycles. The minimum Gasteiger partial charge on any atom is -0.462 e. The summed E-state index contributed by atoms with van der Waals surface area (Å²) in [5, 5.41) is 1.48. The number of carbonyl (C=O) groups is 1. The summed E-state index contributed by atoms with van der Waals surface area (Å²) in [6, 6.07) is 11.4. The molecule has 3 aliphatic heterocycles. The Morgan fingerprint density at radius 1 is 1.12 bits per heavy atom. The molecule has 0 spiro atoms. The first-order chi connectivity index (χ1) is 20.5. The maximum absolute atomic E-state index is 14.6. The molecule has 0 saturated carbocycles. The number of carbonyl (C=O) groups excluding carboxylic acids is 1. The molecule has 2 aromatic carbocycles. The lowest BCUT2D eigenvalue weighted by atomic mass is 10.0. The van der Waals surface area contributed by atoms with E-state index in [1.807, 2.05) is 30.3 Å². The number of likely N-dealkylation sites (tertiary alicyclic amines) is 1. The second-order valence-electron chi connectivity index (χ2n) is 11.3. The molecule has 218 valence electrons. The van der Waals surface area contributed by atoms with Gasteiger partial charge in [-0.2, -0.15) is 9.97 Å². The van der Waals surface area contributed by atoms with E-state index in [-0.39, 0.29) is 24.3 Å². The molecule has 1 aromatic heterocycles. The van der Waals surface area contributed by atoms with Crippen molar-refractivity contribution in [2.75, 3.05) is 62.7 Å². The maximum atomic E-state index is 14.6. The zero-order valence-corrected chi connectivity index (χ0v) is 24.0. The van der Waals surface area contributed by atoms with Crippen molar-refractivity contribution in [1.82, 2.24) is 19.8 Å². The van der Waals surface area contributed by atoms with Gasteiger partial charge in [-0.3, -0.25) is 4.79 Å². The average Bonchev–Trinajstić information content (AvgIpc) is 3.43. The van der Waals surface area contributed by atoms with Crippen LogP contribution in [-0.4, -0.2) is 90.7 Å². The number of ether oxygens (including phenoxy) is 1. The number of piperazine rings is 1. The van der Waals surface area contributed by atoms with E-state index >= 15 is 0 Å². The van der Waals surface area contributed by atoms with E-state index in [0.717, 1.165) is 54.1 Å². The Hall–Kier alpha value is -4.23. The number of aromatic nitrogens is 2. The predicted octanol–water partition coefficient (Wildman–Crippen LogP) is 3.93. The monoisotopic (exact) mass is 569 g/mol. The summed E-state index contributed by atoms with van der Waals surface area (Å²) in [6.07, 6.45) is 4.26. The van der Waals surface area contributed by atoms with Crippen LogP contribution in [0.4, 0.5) is 15.9 Å². The van der Waals surface area contributed by atoms with Crippen LogP contribution in [0.3, 0.4) is 0 Å². The summed E-state index contributed by atoms with van der Waals surface area (Å²) >= 11 is 0. The Kier molecular flexibility index (Phi) is 7.94. The first-order valence-corrected chi connectivity index (χ1v) is 14.6. The van der Waals surface area contributed by atoms with Crippen molar-refractivity contribution in [3.05, 3.63) is 77.5 Å². The van der Waals surface area contributed by atoms with Gasteiger partial charge in [-0.05, 0) is 51.1 Å². The standard InChI is InChI=1S/C32H36FN7O2/c1-4-30(41)40-17-16-39(19-23(40)18-34-2)31-26-13-15-38(29-12-11-27(33)24-9-5-6-10-25(24)29)20-28(26)35-32(36-31)42-21-22-8-7-14-37(22)3/h4-6,9-12,22-23H,1,7-8,13-21H2,3H3/t22-,23+/m1/s1. The van der Waals surface area contributed by atoms with Crippen molar-refractivity contribution < 1.29 is 13.9 Å². The first-order valence-electron chi connectivity index (χ1n) is 14.6. The fourth-order valence-electron chi connectivity index (χ4n) is 6.52. The minimum absolute atomic E-state index is 0.153. The second kappa shape index (κ2) is 11.9. The van der Waals surface area contributed by atoms with Crippen molar-refractivity contribution in [3.63, 3.8) is 0 Å². The van der Waals surface area contributed by atoms with E-state index in [1.54, 1.807) is 4.90 Å². The summed E-state index contributed by atoms with van der Waals surface area (Å²) < 4.78 is 20.8. The fourth-order valence-corrected chi connectivity index (χ4v) is 6.52. The van der Waals surface area contributed by atoms with E-state index in [1.165, 1.54) is 12.1 Å². The Morgan fingerprint density at radius 2 is 1.95 bits per heavy atom. The summed E-state index contributed by atoms with van der Waals surface area (Å²) in [4.78, 5) is 34.5. The van der Waals surface area contributed by atoms with Crippen molar-refractivity contribution >= 4 is 28.2 Å². The highest BCUT2D eigenvalue weighted by molar-refractivity contribution is 5.94. The predicted molar refractivity (Wildman–Crippen MR) is 161 cm³/mol. The van der Waals surface area contributed by atoms with Gasteiger partial charge in [-0.25, -0.2) is 11.0 Å². The van der Waals surface area contributed by atoms with Crippen LogP contribution < -0.4 is 14.5 Å². The van der Waals surface area contributed by atoms with Crippen LogP contribution in [0.15, 0.2) is 49.1 Å². The van der Waals surface area contributed by atoms with Gasteiger partial charge in [0.2, 0.25) is 12.5 Å². The molecule has 0 unspecified atom stereocenters. The third-order valence-corrected chi connectivity index (χ3v) is 8.83. The molecule has 0 radical (unpaired) electrons. The van der Waals surface area contributed by atoms with E-state index in [2.05, 4.69) is 33.2 Å². The van der Waals surface area contributed by atoms with Crippen LogP contribution in [0.25, 0.3) is 15.6 Å². The molecule has 2 atom stereocenters. The van der Waals surface area contributed by atoms with Gasteiger partial charge in [0, 0.05) is 54.2 Å². The molecule has 2 fully saturated rings. The molecule has 3 aromatic rings. The molecule has 0 aliphatic carbocycles. The largest absolute Gasteiger partial charge is 0.462 e. The lowest BCUT2D eigenvalue weighted by molar-refractivity contribution is -0.128. The molecule has 4 heterocycles. The van der Waals surface area contributed by atoms with Crippen LogP contribution in [0.2, 0.25) is 0 Å². The van der Waals surface area contributed by atoms with E-state index < -0.39 is 0 Å². The average molecular weight is 570 g/mol. The molecule has 6 rings (SSSR count). The summed E-state index contributed by atoms with van der Waals surface area (Å²) in [5.74, 6) is 0.436. The molecule has 9 nitrogen and oxygen atoms in total. The number of likely N-dealkylation sites (N-methyl/N-ethyl adjacent to an activating group) is 1. The topological polar surface area (TPSA) is 69.4 Å². The number of benzene rings is 2. The Balaban J connectivity index is 1.33. The molecular weight excluding hydrogens is 533 g/mol. The summed E-state index contributed by atoms with van der Waals surface area (Å²) in [5.41, 5.74) is 2.93. The van der Waals surface area contributed by atoms with Crippen molar-refractivity contribution in [1.29, 1.82) is 0 Å². The number of fused-ring (bicyclic) bond motifs is 2. The number of hydrogen-bond acceptors (Lipinski definition) is 7. The first kappa shape index (κ1) is 27.9. The van der Waals surface area contributed by atoms with Crippen LogP contribution in [-0.2, 0) is 17.8 Å². The number of hydrogen-bond donors (Lipinski definition) is 0. The molecule has 0 N–H and O–H groups in total. The Morgan fingerprint density at radius 3 is 2.71 bits per heavy atom. The zero-order chi connectivity index (χ0) is 29.2. The number of halogens is 1. The second-order valence-corrected chi connectivity index (χ2v) is 11.3. The van der Waals surface area contributed by atoms with E-state index in [9.17, 15) is 9.18 Å². The van der Waals surface area contributed by atoms with Gasteiger partial charge in [-0.1, -0.05) is 30.8 Å². The quantitative estimate of drug-likeness (QED) is 0.316. The number of rotatable bonds is 7. The fraction of sp³-hybridized carbons (Fsp3) is 0.438. The Bertz CT molecular complexity index is 1540. The SMILES string of the molecule is [C-]#[N+]C[C@H]1CN(c2nc(OC[C@H]3CCCN3C)nc3c2CCN(c2ccc(F)c4ccccc24)C3)CCN1C(=O)C=C. The smallest absolute Gasteiger partial charge is 0.318 e. The summed E-state index contributed by atoms with van der Waals surface area (Å²) in [7, 11) is 2.12. The van der Waals surface area contributed by atoms with E-state index in [4.69, 9.17) is 21.3 Å². The van der Waals surface area contributed by atoms with Crippen molar-refractivity contribution in [3.8, 4) is 6.01 Å². The highest BCUT2D eigenvalue weighted by Crippen LogP contribution is 2.35. The maximum Gasteiger partial charge on any atom is 0.318 e. The molecule has 42 heavy (non-hydrogen) atoms. The van der Waals surface area contributed by atoms with Crippen LogP contribution in [0.1, 0.15) is 24.1 Å². The van der Waals surface area contributed by atoms with Crippen LogP contribution in [0, 0.1) is 12.4 Å². The highest BCUT2D eigenvalue weighted by atomic mass is 19.1. The van der Waals surface area contributed by atoms with Crippen LogP contribution >= 0.6 is 0 Å². The summed E-state index contributed by atoms with van der Waals surface area (Å²) in [6.45, 7) is 15.8. The minimum atomic E-state index is -0.255. The van der Waals surface area contributed by atoms with Crippen molar-refractivity contribution in [2.24, 2.45) is 0 Å². The lowest BCUT2D eigenvalue weighted by Crippen LogP contribution is -2.56. The lowest BCUT2D eigenvalue weighted by Gasteiger charge is -2.41. The molecule has 3 aliphatic rings. The van der Waals surface area contributed by atoms with Gasteiger partial charge in [-0.15, -0.1) is 0 Å². The zero-order valence-electron chi connectivity index (χ0n) is 24.0.